The maximum Gasteiger partial charge on any atom is 0.387 e. The lowest BCUT2D eigenvalue weighted by molar-refractivity contribution is -0.127. The number of guanidine groups is 1. The molecule has 0 atom stereocenters. The summed E-state index contributed by atoms with van der Waals surface area (Å²) in [6.07, 6.45) is 2.19. The Bertz CT molecular complexity index is 820. The molecule has 0 saturated heterocycles. The van der Waals surface area contributed by atoms with Gasteiger partial charge in [0.15, 0.2) is 5.96 Å². The number of nitrogens with one attached hydrogen (secondary N) is 2. The predicted octanol–water partition coefficient (Wildman–Crippen LogP) is 3.52. The second-order valence-electron chi connectivity index (χ2n) is 6.19. The molecule has 11 heteroatoms. The van der Waals surface area contributed by atoms with Gasteiger partial charge in [-0.3, -0.25) is 4.79 Å². The highest BCUT2D eigenvalue weighted by molar-refractivity contribution is 14.0. The number of carbonyl (C=O) groups excluding carboxylic acids is 1. The zero-order valence-corrected chi connectivity index (χ0v) is 19.6. The molecule has 0 radical (unpaired) electrons. The molecular weight excluding hydrogens is 533 g/mol. The van der Waals surface area contributed by atoms with Gasteiger partial charge in [-0.05, 0) is 30.3 Å². The third-order valence-corrected chi connectivity index (χ3v) is 4.03. The van der Waals surface area contributed by atoms with Crippen molar-refractivity contribution in [1.29, 1.82) is 0 Å². The number of amides is 1. The average Bonchev–Trinajstić information content (AvgIpc) is 3.18. The van der Waals surface area contributed by atoms with E-state index in [-0.39, 0.29) is 48.7 Å². The molecule has 7 nitrogen and oxygen atoms in total. The van der Waals surface area contributed by atoms with E-state index in [1.54, 1.807) is 26.4 Å². The summed E-state index contributed by atoms with van der Waals surface area (Å²) in [6.45, 7) is -2.42. The largest absolute Gasteiger partial charge is 0.469 e. The minimum Gasteiger partial charge on any atom is -0.469 e. The molecule has 0 aliphatic heterocycles. The first kappa shape index (κ1) is 26.0. The first-order valence-corrected chi connectivity index (χ1v) is 9.21. The zero-order chi connectivity index (χ0) is 21.2. The molecule has 1 heterocycles. The molecule has 1 aromatic heterocycles. The monoisotopic (exact) mass is 556 g/mol. The van der Waals surface area contributed by atoms with Gasteiger partial charge >= 0.3 is 6.61 Å². The third-order valence-electron chi connectivity index (χ3n) is 3.80. The molecule has 0 spiro atoms. The van der Waals surface area contributed by atoms with Crippen LogP contribution in [0.3, 0.4) is 0 Å². The Morgan fingerprint density at radius 2 is 2.07 bits per heavy atom. The van der Waals surface area contributed by atoms with Crippen LogP contribution in [0.4, 0.5) is 8.78 Å². The van der Waals surface area contributed by atoms with Gasteiger partial charge in [0.25, 0.3) is 0 Å². The number of furan rings is 1. The zero-order valence-electron chi connectivity index (χ0n) is 16.5. The van der Waals surface area contributed by atoms with Crippen LogP contribution in [-0.4, -0.2) is 50.6 Å². The highest BCUT2D eigenvalue weighted by atomic mass is 127. The van der Waals surface area contributed by atoms with E-state index < -0.39 is 6.61 Å². The standard InChI is InChI=1S/C19H23ClF2N4O3.HI/c1-26(2)17(27)12-25-19(23-8-7-15-4-3-9-28-15)24-11-13-10-14(20)5-6-16(13)29-18(21)22;/h3-6,9-10,18H,7-8,11-12H2,1-2H3,(H2,23,24,25);1H. The van der Waals surface area contributed by atoms with E-state index in [9.17, 15) is 13.6 Å². The quantitative estimate of drug-likeness (QED) is 0.281. The van der Waals surface area contributed by atoms with Crippen molar-refractivity contribution in [3.8, 4) is 5.75 Å². The van der Waals surface area contributed by atoms with Gasteiger partial charge in [-0.15, -0.1) is 24.0 Å². The second kappa shape index (κ2) is 13.3. The Morgan fingerprint density at radius 1 is 1.30 bits per heavy atom. The smallest absolute Gasteiger partial charge is 0.387 e. The number of likely N-dealkylation sites (N-methyl/N-ethyl adjacent to an activating group) is 1. The van der Waals surface area contributed by atoms with Gasteiger partial charge in [0.05, 0.1) is 19.4 Å². The lowest BCUT2D eigenvalue weighted by atomic mass is 10.2. The minimum atomic E-state index is -2.96. The van der Waals surface area contributed by atoms with E-state index in [1.165, 1.54) is 23.1 Å². The van der Waals surface area contributed by atoms with Crippen LogP contribution in [0.25, 0.3) is 0 Å². The van der Waals surface area contributed by atoms with Gasteiger partial charge in [-0.25, -0.2) is 4.99 Å². The van der Waals surface area contributed by atoms with E-state index in [0.29, 0.717) is 29.5 Å². The van der Waals surface area contributed by atoms with Gasteiger partial charge in [0.2, 0.25) is 5.91 Å². The van der Waals surface area contributed by atoms with Crippen LogP contribution in [0.1, 0.15) is 11.3 Å². The van der Waals surface area contributed by atoms with Crippen LogP contribution in [0.2, 0.25) is 5.02 Å². The molecule has 0 saturated carbocycles. The van der Waals surface area contributed by atoms with Crippen molar-refractivity contribution in [2.24, 2.45) is 4.99 Å². The molecule has 0 aliphatic rings. The predicted molar refractivity (Wildman–Crippen MR) is 122 cm³/mol. The van der Waals surface area contributed by atoms with Crippen molar-refractivity contribution in [2.75, 3.05) is 27.2 Å². The van der Waals surface area contributed by atoms with Gasteiger partial charge in [0, 0.05) is 37.6 Å². The topological polar surface area (TPSA) is 79.1 Å². The molecule has 1 amide bonds. The number of benzene rings is 1. The molecule has 2 rings (SSSR count). The van der Waals surface area contributed by atoms with Crippen molar-refractivity contribution in [2.45, 2.75) is 19.6 Å². The highest BCUT2D eigenvalue weighted by Crippen LogP contribution is 2.25. The lowest BCUT2D eigenvalue weighted by Gasteiger charge is -2.15. The third kappa shape index (κ3) is 9.16. The normalized spacial score (nSPS) is 11.1. The molecular formula is C19H24ClF2IN4O3. The maximum atomic E-state index is 12.6. The van der Waals surface area contributed by atoms with Crippen LogP contribution in [0.5, 0.6) is 5.75 Å². The summed E-state index contributed by atoms with van der Waals surface area (Å²) in [5.41, 5.74) is 0.392. The molecule has 166 valence electrons. The molecule has 2 aromatic rings. The molecule has 0 unspecified atom stereocenters. The Hall–Kier alpha value is -2.08. The average molecular weight is 557 g/mol. The molecule has 0 aliphatic carbocycles. The number of hydrogen-bond acceptors (Lipinski definition) is 4. The van der Waals surface area contributed by atoms with Crippen molar-refractivity contribution >= 4 is 47.4 Å². The summed E-state index contributed by atoms with van der Waals surface area (Å²) in [5, 5.41) is 6.38. The Morgan fingerprint density at radius 3 is 2.70 bits per heavy atom. The summed E-state index contributed by atoms with van der Waals surface area (Å²) in [6, 6.07) is 7.98. The maximum absolute atomic E-state index is 12.6. The number of nitrogens with zero attached hydrogens (tertiary/aromatic N) is 2. The van der Waals surface area contributed by atoms with Crippen LogP contribution < -0.4 is 15.4 Å². The number of alkyl halides is 2. The van der Waals surface area contributed by atoms with E-state index in [4.69, 9.17) is 16.0 Å². The highest BCUT2D eigenvalue weighted by Gasteiger charge is 2.11. The fourth-order valence-electron chi connectivity index (χ4n) is 2.30. The Labute approximate surface area is 195 Å². The first-order chi connectivity index (χ1) is 13.8. The summed E-state index contributed by atoms with van der Waals surface area (Å²) in [7, 11) is 3.29. The van der Waals surface area contributed by atoms with Crippen molar-refractivity contribution in [3.05, 3.63) is 52.9 Å². The first-order valence-electron chi connectivity index (χ1n) is 8.83. The Kier molecular flexibility index (Phi) is 11.5. The SMILES string of the molecule is CN(C)C(=O)CNC(=NCc1cc(Cl)ccc1OC(F)F)NCCc1ccco1.I. The van der Waals surface area contributed by atoms with E-state index in [0.717, 1.165) is 5.76 Å². The van der Waals surface area contributed by atoms with Crippen LogP contribution in [0, 0.1) is 0 Å². The molecule has 1 aromatic carbocycles. The van der Waals surface area contributed by atoms with Crippen LogP contribution >= 0.6 is 35.6 Å². The van der Waals surface area contributed by atoms with Crippen LogP contribution in [-0.2, 0) is 17.8 Å². The van der Waals surface area contributed by atoms with E-state index >= 15 is 0 Å². The van der Waals surface area contributed by atoms with Gasteiger partial charge in [0.1, 0.15) is 11.5 Å². The fraction of sp³-hybridized carbons (Fsp3) is 0.368. The van der Waals surface area contributed by atoms with E-state index in [2.05, 4.69) is 20.4 Å². The van der Waals surface area contributed by atoms with E-state index in [1.807, 2.05) is 6.07 Å². The second-order valence-corrected chi connectivity index (χ2v) is 6.63. The lowest BCUT2D eigenvalue weighted by Crippen LogP contribution is -2.43. The van der Waals surface area contributed by atoms with Crippen molar-refractivity contribution in [3.63, 3.8) is 0 Å². The number of hydrogen-bond donors (Lipinski definition) is 2. The van der Waals surface area contributed by atoms with Crippen molar-refractivity contribution in [1.82, 2.24) is 15.5 Å². The number of rotatable bonds is 9. The van der Waals surface area contributed by atoms with Gasteiger partial charge in [-0.1, -0.05) is 11.6 Å². The summed E-state index contributed by atoms with van der Waals surface area (Å²) < 4.78 is 35.0. The summed E-state index contributed by atoms with van der Waals surface area (Å²) >= 11 is 5.96. The summed E-state index contributed by atoms with van der Waals surface area (Å²) in [5.74, 6) is 0.987. The van der Waals surface area contributed by atoms with Gasteiger partial charge < -0.3 is 24.7 Å². The Balaban J connectivity index is 0.00000450. The molecule has 0 fully saturated rings. The number of carbonyl (C=O) groups is 1. The summed E-state index contributed by atoms with van der Waals surface area (Å²) in [4.78, 5) is 17.7. The number of aliphatic imine (C=N–C) groups is 1. The van der Waals surface area contributed by atoms with Crippen molar-refractivity contribution < 1.29 is 22.7 Å². The molecule has 2 N–H and O–H groups in total. The number of halogens is 4. The van der Waals surface area contributed by atoms with Gasteiger partial charge in [-0.2, -0.15) is 8.78 Å². The fourth-order valence-corrected chi connectivity index (χ4v) is 2.49. The minimum absolute atomic E-state index is 0. The van der Waals surface area contributed by atoms with Crippen LogP contribution in [0.15, 0.2) is 46.0 Å². The molecule has 0 bridgehead atoms. The number of ether oxygens (including phenoxy) is 1. The molecule has 30 heavy (non-hydrogen) atoms.